The number of halogens is 1. The highest BCUT2D eigenvalue weighted by Gasteiger charge is 2.32. The molecule has 0 radical (unpaired) electrons. The molecule has 1 saturated carbocycles. The summed E-state index contributed by atoms with van der Waals surface area (Å²) in [6.07, 6.45) is 2.11. The molecule has 1 aliphatic carbocycles. The normalized spacial score (nSPS) is 14.4. The van der Waals surface area contributed by atoms with Crippen molar-refractivity contribution < 1.29 is 14.0 Å². The van der Waals surface area contributed by atoms with Crippen molar-refractivity contribution in [1.29, 1.82) is 0 Å². The molecule has 1 aliphatic rings. The number of hydrogen-bond donors (Lipinski definition) is 1. The average Bonchev–Trinajstić information content (AvgIpc) is 3.48. The van der Waals surface area contributed by atoms with Crippen LogP contribution in [0.2, 0.25) is 0 Å². The van der Waals surface area contributed by atoms with Crippen molar-refractivity contribution in [2.24, 2.45) is 0 Å². The van der Waals surface area contributed by atoms with Crippen LogP contribution < -0.4 is 5.32 Å². The van der Waals surface area contributed by atoms with Crippen LogP contribution in [-0.2, 0) is 4.79 Å². The molecule has 1 atom stereocenters. The number of carbonyl (C=O) groups is 2. The molecule has 2 aromatic carbocycles. The van der Waals surface area contributed by atoms with Crippen molar-refractivity contribution in [3.63, 3.8) is 0 Å². The van der Waals surface area contributed by atoms with Gasteiger partial charge in [-0.05, 0) is 62.2 Å². The first-order valence-electron chi connectivity index (χ1n) is 9.72. The maximum absolute atomic E-state index is 13.2. The fourth-order valence-corrected chi connectivity index (χ4v) is 4.14. The van der Waals surface area contributed by atoms with Gasteiger partial charge in [0.2, 0.25) is 5.91 Å². The largest absolute Gasteiger partial charge is 0.326 e. The minimum absolute atomic E-state index is 0.102. The zero-order valence-corrected chi connectivity index (χ0v) is 17.4. The van der Waals surface area contributed by atoms with Crippen molar-refractivity contribution in [3.8, 4) is 5.69 Å². The van der Waals surface area contributed by atoms with Gasteiger partial charge < -0.3 is 5.32 Å². The Morgan fingerprint density at radius 3 is 2.57 bits per heavy atom. The Kier molecular flexibility index (Phi) is 5.67. The SMILES string of the molecule is CC(=O)Nc1cccc(-n2c(SC(C)C(=O)c3ccc(F)cc3)nnc2C2CC2)c1. The van der Waals surface area contributed by atoms with Gasteiger partial charge in [-0.25, -0.2) is 4.39 Å². The van der Waals surface area contributed by atoms with Crippen LogP contribution in [0.3, 0.4) is 0 Å². The summed E-state index contributed by atoms with van der Waals surface area (Å²) in [6.45, 7) is 3.27. The van der Waals surface area contributed by atoms with Crippen molar-refractivity contribution in [3.05, 3.63) is 65.7 Å². The third kappa shape index (κ3) is 4.43. The van der Waals surface area contributed by atoms with Crippen molar-refractivity contribution >= 4 is 29.1 Å². The fraction of sp³-hybridized carbons (Fsp3) is 0.273. The first kappa shape index (κ1) is 20.3. The minimum Gasteiger partial charge on any atom is -0.326 e. The lowest BCUT2D eigenvalue weighted by Gasteiger charge is -2.14. The number of nitrogens with zero attached hydrogens (tertiary/aromatic N) is 3. The molecular weight excluding hydrogens is 403 g/mol. The molecule has 1 N–H and O–H groups in total. The molecule has 0 saturated heterocycles. The molecule has 0 spiro atoms. The van der Waals surface area contributed by atoms with Gasteiger partial charge in [0, 0.05) is 24.1 Å². The predicted molar refractivity (Wildman–Crippen MR) is 114 cm³/mol. The Hall–Kier alpha value is -3.00. The number of carbonyl (C=O) groups excluding carboxylic acids is 2. The Bertz CT molecular complexity index is 1090. The molecule has 1 heterocycles. The summed E-state index contributed by atoms with van der Waals surface area (Å²) in [7, 11) is 0. The smallest absolute Gasteiger partial charge is 0.221 e. The number of nitrogens with one attached hydrogen (secondary N) is 1. The predicted octanol–water partition coefficient (Wildman–Crippen LogP) is 4.61. The standard InChI is InChI=1S/C22H21FN4O2S/c1-13(20(29)15-8-10-17(23)11-9-15)30-22-26-25-21(16-6-7-16)27(22)19-5-3-4-18(12-19)24-14(2)28/h3-5,8-13,16H,6-7H2,1-2H3,(H,24,28). The molecule has 4 rings (SSSR count). The van der Waals surface area contributed by atoms with Crippen LogP contribution in [0.25, 0.3) is 5.69 Å². The maximum Gasteiger partial charge on any atom is 0.221 e. The van der Waals surface area contributed by atoms with Crippen LogP contribution >= 0.6 is 11.8 Å². The van der Waals surface area contributed by atoms with E-state index in [4.69, 9.17) is 0 Å². The zero-order valence-electron chi connectivity index (χ0n) is 16.6. The van der Waals surface area contributed by atoms with Crippen LogP contribution in [0, 0.1) is 5.82 Å². The van der Waals surface area contributed by atoms with Crippen LogP contribution in [0.5, 0.6) is 0 Å². The Balaban J connectivity index is 1.64. The fourth-order valence-electron chi connectivity index (χ4n) is 3.19. The minimum atomic E-state index is -0.427. The summed E-state index contributed by atoms with van der Waals surface area (Å²) >= 11 is 1.32. The second-order valence-electron chi connectivity index (χ2n) is 7.31. The second kappa shape index (κ2) is 8.39. The molecule has 8 heteroatoms. The number of rotatable bonds is 7. The van der Waals surface area contributed by atoms with E-state index in [1.807, 2.05) is 28.8 Å². The third-order valence-electron chi connectivity index (χ3n) is 4.81. The van der Waals surface area contributed by atoms with Gasteiger partial charge in [0.25, 0.3) is 0 Å². The molecule has 0 aliphatic heterocycles. The number of Topliss-reactive ketones (excluding diaryl/α,β-unsaturated/α-hetero) is 1. The highest BCUT2D eigenvalue weighted by molar-refractivity contribution is 8.00. The van der Waals surface area contributed by atoms with Crippen molar-refractivity contribution in [2.75, 3.05) is 5.32 Å². The number of aromatic nitrogens is 3. The highest BCUT2D eigenvalue weighted by Crippen LogP contribution is 2.41. The molecule has 154 valence electrons. The molecule has 1 fully saturated rings. The van der Waals surface area contributed by atoms with E-state index in [1.54, 1.807) is 6.92 Å². The van der Waals surface area contributed by atoms with E-state index in [-0.39, 0.29) is 17.5 Å². The Labute approximate surface area is 177 Å². The molecule has 0 bridgehead atoms. The van der Waals surface area contributed by atoms with Gasteiger partial charge in [-0.2, -0.15) is 0 Å². The zero-order chi connectivity index (χ0) is 21.3. The van der Waals surface area contributed by atoms with Crippen LogP contribution in [0.4, 0.5) is 10.1 Å². The number of hydrogen-bond acceptors (Lipinski definition) is 5. The third-order valence-corrected chi connectivity index (χ3v) is 5.85. The summed E-state index contributed by atoms with van der Waals surface area (Å²) in [5, 5.41) is 11.7. The lowest BCUT2D eigenvalue weighted by Crippen LogP contribution is -2.15. The number of anilines is 1. The van der Waals surface area contributed by atoms with E-state index in [0.717, 1.165) is 24.4 Å². The summed E-state index contributed by atoms with van der Waals surface area (Å²) in [6, 6.07) is 13.0. The molecule has 1 unspecified atom stereocenters. The molecule has 30 heavy (non-hydrogen) atoms. The van der Waals surface area contributed by atoms with E-state index in [1.165, 1.54) is 43.0 Å². The topological polar surface area (TPSA) is 76.9 Å². The van der Waals surface area contributed by atoms with Crippen LogP contribution in [0.15, 0.2) is 53.7 Å². The molecular formula is C22H21FN4O2S. The second-order valence-corrected chi connectivity index (χ2v) is 8.62. The lowest BCUT2D eigenvalue weighted by atomic mass is 10.1. The van der Waals surface area contributed by atoms with Crippen LogP contribution in [-0.4, -0.2) is 31.7 Å². The van der Waals surface area contributed by atoms with Gasteiger partial charge in [-0.15, -0.1) is 10.2 Å². The number of benzene rings is 2. The molecule has 1 amide bonds. The van der Waals surface area contributed by atoms with Crippen molar-refractivity contribution in [2.45, 2.75) is 43.0 Å². The monoisotopic (exact) mass is 424 g/mol. The first-order chi connectivity index (χ1) is 14.4. The number of ketones is 1. The summed E-state index contributed by atoms with van der Waals surface area (Å²) in [4.78, 5) is 24.2. The first-order valence-corrected chi connectivity index (χ1v) is 10.6. The van der Waals surface area contributed by atoms with Crippen molar-refractivity contribution in [1.82, 2.24) is 14.8 Å². The van der Waals surface area contributed by atoms with Gasteiger partial charge in [-0.1, -0.05) is 17.8 Å². The van der Waals surface area contributed by atoms with Gasteiger partial charge in [0.15, 0.2) is 10.9 Å². The van der Waals surface area contributed by atoms with Gasteiger partial charge in [-0.3, -0.25) is 14.2 Å². The Morgan fingerprint density at radius 2 is 1.90 bits per heavy atom. The quantitative estimate of drug-likeness (QED) is 0.443. The highest BCUT2D eigenvalue weighted by atomic mass is 32.2. The summed E-state index contributed by atoms with van der Waals surface area (Å²) in [5.41, 5.74) is 1.97. The summed E-state index contributed by atoms with van der Waals surface area (Å²) in [5.74, 6) is 0.582. The number of amides is 1. The van der Waals surface area contributed by atoms with E-state index in [9.17, 15) is 14.0 Å². The Morgan fingerprint density at radius 1 is 1.17 bits per heavy atom. The van der Waals surface area contributed by atoms with E-state index >= 15 is 0 Å². The lowest BCUT2D eigenvalue weighted by molar-refractivity contribution is -0.114. The number of thioether (sulfide) groups is 1. The van der Waals surface area contributed by atoms with E-state index < -0.39 is 5.25 Å². The van der Waals surface area contributed by atoms with E-state index in [0.29, 0.717) is 22.3 Å². The van der Waals surface area contributed by atoms with E-state index in [2.05, 4.69) is 15.5 Å². The average molecular weight is 425 g/mol. The maximum atomic E-state index is 13.2. The summed E-state index contributed by atoms with van der Waals surface area (Å²) < 4.78 is 15.1. The molecule has 1 aromatic heterocycles. The van der Waals surface area contributed by atoms with Crippen LogP contribution in [0.1, 0.15) is 48.8 Å². The van der Waals surface area contributed by atoms with Gasteiger partial charge in [0.05, 0.1) is 10.9 Å². The van der Waals surface area contributed by atoms with Gasteiger partial charge in [0.1, 0.15) is 11.6 Å². The molecule has 3 aromatic rings. The van der Waals surface area contributed by atoms with Gasteiger partial charge >= 0.3 is 0 Å². The molecule has 6 nitrogen and oxygen atoms in total.